The monoisotopic (exact) mass is 338 g/mol. The molecular formula is C7H16O7P2S2. The molecule has 0 saturated heterocycles. The van der Waals surface area contributed by atoms with Crippen molar-refractivity contribution in [2.45, 2.75) is 37.6 Å². The number of aliphatic hydroxyl groups excluding tert-OH is 1. The summed E-state index contributed by atoms with van der Waals surface area (Å²) in [6.07, 6.45) is -1.35. The third kappa shape index (κ3) is 6.43. The summed E-state index contributed by atoms with van der Waals surface area (Å²) in [7, 11) is 1.23. The molecule has 0 amide bonds. The molecule has 0 aromatic rings. The maximum absolute atomic E-state index is 11.0. The van der Waals surface area contributed by atoms with Crippen molar-refractivity contribution in [3.05, 3.63) is 0 Å². The Bertz CT molecular complexity index is 373. The molecule has 1 aliphatic rings. The average molecular weight is 338 g/mol. The number of aliphatic hydroxyl groups is 1. The minimum absolute atomic E-state index is 0.201. The predicted octanol–water partition coefficient (Wildman–Crippen LogP) is 1.19. The van der Waals surface area contributed by atoms with Crippen molar-refractivity contribution in [2.24, 2.45) is 0 Å². The molecule has 1 saturated carbocycles. The summed E-state index contributed by atoms with van der Waals surface area (Å²) < 4.78 is 25.6. The fraction of sp³-hybridized carbons (Fsp3) is 1.00. The Morgan fingerprint density at radius 1 is 1.22 bits per heavy atom. The van der Waals surface area contributed by atoms with E-state index in [9.17, 15) is 14.6 Å². The van der Waals surface area contributed by atoms with Gasteiger partial charge in [-0.3, -0.25) is 4.52 Å². The van der Waals surface area contributed by atoms with Crippen LogP contribution in [0.15, 0.2) is 0 Å². The molecule has 18 heavy (non-hydrogen) atoms. The van der Waals surface area contributed by atoms with Gasteiger partial charge in [0.25, 0.3) is 0 Å². The van der Waals surface area contributed by atoms with Gasteiger partial charge < -0.3 is 23.9 Å². The van der Waals surface area contributed by atoms with Gasteiger partial charge >= 0.3 is 13.5 Å². The van der Waals surface area contributed by atoms with Crippen molar-refractivity contribution in [3.8, 4) is 0 Å². The molecular weight excluding hydrogens is 322 g/mol. The van der Waals surface area contributed by atoms with E-state index in [1.165, 1.54) is 7.11 Å². The molecule has 7 nitrogen and oxygen atoms in total. The highest BCUT2D eigenvalue weighted by atomic mass is 32.7. The summed E-state index contributed by atoms with van der Waals surface area (Å²) in [5.74, 6) is 0. The molecule has 5 atom stereocenters. The van der Waals surface area contributed by atoms with E-state index in [4.69, 9.17) is 25.7 Å². The van der Waals surface area contributed by atoms with Gasteiger partial charge in [-0.2, -0.15) is 0 Å². The van der Waals surface area contributed by atoms with Crippen LogP contribution in [0.5, 0.6) is 0 Å². The van der Waals surface area contributed by atoms with E-state index in [0.29, 0.717) is 0 Å². The summed E-state index contributed by atoms with van der Waals surface area (Å²) in [4.78, 5) is 18.5. The highest BCUT2D eigenvalue weighted by Crippen LogP contribution is 2.51. The van der Waals surface area contributed by atoms with Gasteiger partial charge in [-0.1, -0.05) is 12.2 Å². The third-order valence-electron chi connectivity index (χ3n) is 2.40. The first kappa shape index (κ1) is 17.0. The van der Waals surface area contributed by atoms with Gasteiger partial charge in [0, 0.05) is 26.4 Å². The molecule has 1 aliphatic carbocycles. The Hall–Kier alpha value is 0.990. The van der Waals surface area contributed by atoms with Gasteiger partial charge in [-0.05, 0) is 11.8 Å². The standard InChI is InChI=1S/C7H16O7P2S2/c1-12-16(11,18)14-7-3-5(8)2-6(4-7)13-15(9,10)17/h5-8H,2-4H2,1H3,(H,11,18)(H2,9,10,17)/t5-,6+,7-,16?/m1/s1. The molecule has 0 bridgehead atoms. The van der Waals surface area contributed by atoms with Crippen molar-refractivity contribution >= 4 is 37.6 Å². The van der Waals surface area contributed by atoms with Crippen LogP contribution in [-0.2, 0) is 29.9 Å². The molecule has 0 spiro atoms. The number of hydrogen-bond donors (Lipinski definition) is 4. The maximum atomic E-state index is 11.0. The second kappa shape index (κ2) is 6.63. The molecule has 0 aromatic heterocycles. The van der Waals surface area contributed by atoms with Gasteiger partial charge in [-0.15, -0.1) is 0 Å². The summed E-state index contributed by atoms with van der Waals surface area (Å²) in [5, 5.41) is 9.62. The topological polar surface area (TPSA) is 105 Å². The van der Waals surface area contributed by atoms with Crippen LogP contribution in [0.1, 0.15) is 19.3 Å². The van der Waals surface area contributed by atoms with Crippen molar-refractivity contribution in [3.63, 3.8) is 0 Å². The number of rotatable bonds is 5. The van der Waals surface area contributed by atoms with Crippen LogP contribution < -0.4 is 0 Å². The quantitative estimate of drug-likeness (QED) is 0.438. The Kier molecular flexibility index (Phi) is 6.28. The Morgan fingerprint density at radius 2 is 1.72 bits per heavy atom. The lowest BCUT2D eigenvalue weighted by atomic mass is 9.93. The van der Waals surface area contributed by atoms with Crippen LogP contribution in [0.2, 0.25) is 0 Å². The Morgan fingerprint density at radius 3 is 2.17 bits per heavy atom. The van der Waals surface area contributed by atoms with Crippen LogP contribution in [0.25, 0.3) is 0 Å². The summed E-state index contributed by atoms with van der Waals surface area (Å²) in [6, 6.07) is 0. The minimum Gasteiger partial charge on any atom is -0.393 e. The lowest BCUT2D eigenvalue weighted by Crippen LogP contribution is -2.34. The van der Waals surface area contributed by atoms with E-state index in [2.05, 4.69) is 16.8 Å². The predicted molar refractivity (Wildman–Crippen MR) is 71.9 cm³/mol. The van der Waals surface area contributed by atoms with E-state index in [-0.39, 0.29) is 19.3 Å². The largest absolute Gasteiger partial charge is 0.393 e. The van der Waals surface area contributed by atoms with Crippen molar-refractivity contribution in [1.82, 2.24) is 0 Å². The fourth-order valence-corrected chi connectivity index (χ4v) is 3.75. The van der Waals surface area contributed by atoms with Gasteiger partial charge in [0.15, 0.2) is 0 Å². The van der Waals surface area contributed by atoms with E-state index >= 15 is 0 Å². The molecule has 3 N–H and O–H groups in total. The molecule has 0 aliphatic heterocycles. The maximum Gasteiger partial charge on any atom is 0.383 e. The second-order valence-corrected chi connectivity index (χ2v) is 9.56. The molecule has 108 valence electrons. The van der Waals surface area contributed by atoms with Gasteiger partial charge in [0.05, 0.1) is 18.3 Å². The zero-order valence-electron chi connectivity index (χ0n) is 9.58. The number of thiol groups is 1. The lowest BCUT2D eigenvalue weighted by molar-refractivity contribution is -0.0117. The molecule has 1 rings (SSSR count). The number of hydrogen-bond acceptors (Lipinski definition) is 6. The van der Waals surface area contributed by atoms with Crippen molar-refractivity contribution < 1.29 is 33.0 Å². The van der Waals surface area contributed by atoms with Crippen molar-refractivity contribution in [1.29, 1.82) is 0 Å². The van der Waals surface area contributed by atoms with Crippen molar-refractivity contribution in [2.75, 3.05) is 7.11 Å². The highest BCUT2D eigenvalue weighted by molar-refractivity contribution is 8.44. The Balaban J connectivity index is 2.61. The van der Waals surface area contributed by atoms with E-state index in [0.717, 1.165) is 0 Å². The van der Waals surface area contributed by atoms with E-state index in [1.807, 2.05) is 0 Å². The third-order valence-corrected chi connectivity index (χ3v) is 4.98. The van der Waals surface area contributed by atoms with Crippen LogP contribution in [-0.4, -0.2) is 40.3 Å². The zero-order valence-corrected chi connectivity index (χ0v) is 13.1. The highest BCUT2D eigenvalue weighted by Gasteiger charge is 2.34. The van der Waals surface area contributed by atoms with Gasteiger partial charge in [-0.25, -0.2) is 4.57 Å². The molecule has 0 heterocycles. The van der Waals surface area contributed by atoms with Crippen LogP contribution >= 0.6 is 25.8 Å². The zero-order chi connectivity index (χ0) is 14.0. The second-order valence-electron chi connectivity index (χ2n) is 3.96. The molecule has 11 heteroatoms. The van der Waals surface area contributed by atoms with Gasteiger partial charge in [0.2, 0.25) is 0 Å². The molecule has 2 unspecified atom stereocenters. The first-order chi connectivity index (χ1) is 8.11. The fourth-order valence-electron chi connectivity index (χ4n) is 1.79. The normalized spacial score (nSPS) is 35.7. The first-order valence-electron chi connectivity index (χ1n) is 5.10. The van der Waals surface area contributed by atoms with Crippen LogP contribution in [0.4, 0.5) is 0 Å². The van der Waals surface area contributed by atoms with Crippen LogP contribution in [0, 0.1) is 0 Å². The molecule has 0 aromatic carbocycles. The average Bonchev–Trinajstić information content (AvgIpc) is 2.12. The van der Waals surface area contributed by atoms with E-state index < -0.39 is 31.8 Å². The SMILES string of the molecule is COP(O)(=S)O[C@@H]1C[C@H](O)C[C@H](OP(=O)(O)S)C1. The van der Waals surface area contributed by atoms with Crippen LogP contribution in [0.3, 0.4) is 0 Å². The first-order valence-corrected chi connectivity index (χ1v) is 10.4. The smallest absolute Gasteiger partial charge is 0.383 e. The van der Waals surface area contributed by atoms with Gasteiger partial charge in [0.1, 0.15) is 0 Å². The summed E-state index contributed by atoms with van der Waals surface area (Å²) in [6.45, 7) is -7.26. The van der Waals surface area contributed by atoms with E-state index in [1.54, 1.807) is 0 Å². The summed E-state index contributed by atoms with van der Waals surface area (Å²) >= 11 is 8.10. The molecule has 0 radical (unpaired) electrons. The molecule has 1 fully saturated rings. The lowest BCUT2D eigenvalue weighted by Gasteiger charge is -2.33. The Labute approximate surface area is 115 Å². The summed E-state index contributed by atoms with van der Waals surface area (Å²) in [5.41, 5.74) is 0. The minimum atomic E-state index is -3.93.